The predicted molar refractivity (Wildman–Crippen MR) is 130 cm³/mol. The highest BCUT2D eigenvalue weighted by Crippen LogP contribution is 2.29. The Bertz CT molecular complexity index is 1040. The standard InChI is InChI=1S/C22H27BClN5S/c23-18-12-26-29-21(10-20(27-22(18)29)17-5-1-2-6-19(17)24)25-11-15-4-3-8-28(13-15)16-7-9-30-14-16/h1-2,5-6,10,12,15-16,25H,3-4,7-9,11,13-14,23H2. The predicted octanol–water partition coefficient (Wildman–Crippen LogP) is 2.94. The number of thioether (sulfide) groups is 1. The fourth-order valence-corrected chi connectivity index (χ4v) is 6.15. The van der Waals surface area contributed by atoms with Crippen LogP contribution in [-0.4, -0.2) is 64.5 Å². The van der Waals surface area contributed by atoms with E-state index in [1.807, 2.05) is 42.8 Å². The Labute approximate surface area is 188 Å². The van der Waals surface area contributed by atoms with Gasteiger partial charge >= 0.3 is 0 Å². The molecule has 0 aliphatic carbocycles. The second kappa shape index (κ2) is 8.81. The van der Waals surface area contributed by atoms with Crippen LogP contribution in [0, 0.1) is 5.92 Å². The molecule has 0 amide bonds. The van der Waals surface area contributed by atoms with E-state index in [1.165, 1.54) is 43.9 Å². The van der Waals surface area contributed by atoms with Crippen molar-refractivity contribution >= 4 is 48.1 Å². The Morgan fingerprint density at radius 2 is 2.17 bits per heavy atom. The van der Waals surface area contributed by atoms with E-state index in [-0.39, 0.29) is 0 Å². The van der Waals surface area contributed by atoms with Gasteiger partial charge < -0.3 is 5.32 Å². The molecule has 1 N–H and O–H groups in total. The lowest BCUT2D eigenvalue weighted by atomic mass is 9.96. The number of fused-ring (bicyclic) bond motifs is 1. The minimum Gasteiger partial charge on any atom is -0.370 e. The van der Waals surface area contributed by atoms with Crippen molar-refractivity contribution in [2.45, 2.75) is 25.3 Å². The van der Waals surface area contributed by atoms with Crippen LogP contribution in [0.25, 0.3) is 16.9 Å². The molecule has 5 nitrogen and oxygen atoms in total. The first kappa shape index (κ1) is 20.2. The second-order valence-electron chi connectivity index (χ2n) is 8.47. The summed E-state index contributed by atoms with van der Waals surface area (Å²) in [6, 6.07) is 10.7. The van der Waals surface area contributed by atoms with E-state index in [4.69, 9.17) is 16.6 Å². The van der Waals surface area contributed by atoms with Crippen LogP contribution in [0.4, 0.5) is 5.82 Å². The first-order valence-corrected chi connectivity index (χ1v) is 12.4. The molecule has 2 fully saturated rings. The van der Waals surface area contributed by atoms with Gasteiger partial charge in [0.1, 0.15) is 13.7 Å². The van der Waals surface area contributed by atoms with Gasteiger partial charge in [-0.3, -0.25) is 4.90 Å². The fraction of sp³-hybridized carbons (Fsp3) is 0.455. The average molecular weight is 440 g/mol. The van der Waals surface area contributed by atoms with Gasteiger partial charge in [-0.05, 0) is 49.0 Å². The molecule has 4 heterocycles. The average Bonchev–Trinajstić information content (AvgIpc) is 3.43. The van der Waals surface area contributed by atoms with Gasteiger partial charge in [0.05, 0.1) is 5.69 Å². The maximum Gasteiger partial charge on any atom is 0.151 e. The van der Waals surface area contributed by atoms with Crippen LogP contribution in [-0.2, 0) is 0 Å². The number of hydrogen-bond donors (Lipinski definition) is 1. The Morgan fingerprint density at radius 3 is 3.00 bits per heavy atom. The SMILES string of the molecule is Bc1cnn2c(NCC3CCCN(C4CCSC4)C3)cc(-c3ccccc3Cl)nc12. The zero-order valence-corrected chi connectivity index (χ0v) is 18.9. The molecule has 2 saturated heterocycles. The summed E-state index contributed by atoms with van der Waals surface area (Å²) in [5.74, 6) is 4.27. The molecule has 2 aliphatic rings. The molecule has 0 spiro atoms. The highest BCUT2D eigenvalue weighted by atomic mass is 35.5. The summed E-state index contributed by atoms with van der Waals surface area (Å²) in [5, 5.41) is 8.98. The summed E-state index contributed by atoms with van der Waals surface area (Å²) in [4.78, 5) is 7.58. The van der Waals surface area contributed by atoms with Crippen LogP contribution in [0.3, 0.4) is 0 Å². The lowest BCUT2D eigenvalue weighted by molar-refractivity contribution is 0.139. The van der Waals surface area contributed by atoms with Crippen molar-refractivity contribution in [1.82, 2.24) is 19.5 Å². The molecule has 2 unspecified atom stereocenters. The number of piperidine rings is 1. The monoisotopic (exact) mass is 439 g/mol. The minimum atomic E-state index is 0.660. The van der Waals surface area contributed by atoms with E-state index in [0.29, 0.717) is 5.92 Å². The van der Waals surface area contributed by atoms with Crippen molar-refractivity contribution in [2.24, 2.45) is 5.92 Å². The minimum absolute atomic E-state index is 0.660. The van der Waals surface area contributed by atoms with Crippen molar-refractivity contribution in [3.05, 3.63) is 41.6 Å². The summed E-state index contributed by atoms with van der Waals surface area (Å²) in [6.45, 7) is 3.41. The molecule has 30 heavy (non-hydrogen) atoms. The van der Waals surface area contributed by atoms with Crippen LogP contribution in [0.2, 0.25) is 5.02 Å². The fourth-order valence-electron chi connectivity index (χ4n) is 4.66. The smallest absolute Gasteiger partial charge is 0.151 e. The Morgan fingerprint density at radius 1 is 1.27 bits per heavy atom. The number of nitrogens with zero attached hydrogens (tertiary/aromatic N) is 4. The van der Waals surface area contributed by atoms with Gasteiger partial charge in [0, 0.05) is 47.7 Å². The Kier molecular flexibility index (Phi) is 5.94. The third kappa shape index (κ3) is 4.07. The first-order valence-electron chi connectivity index (χ1n) is 10.8. The largest absolute Gasteiger partial charge is 0.370 e. The number of rotatable bonds is 5. The summed E-state index contributed by atoms with van der Waals surface area (Å²) < 4.78 is 1.92. The highest BCUT2D eigenvalue weighted by Gasteiger charge is 2.28. The van der Waals surface area contributed by atoms with Crippen molar-refractivity contribution in [3.8, 4) is 11.3 Å². The zero-order chi connectivity index (χ0) is 20.5. The zero-order valence-electron chi connectivity index (χ0n) is 17.4. The number of aromatic nitrogens is 3. The normalized spacial score (nSPS) is 22.6. The molecular formula is C22H27BClN5S. The summed E-state index contributed by atoms with van der Waals surface area (Å²) in [5.41, 5.74) is 3.78. The molecule has 2 atom stereocenters. The number of halogens is 1. The van der Waals surface area contributed by atoms with Crippen molar-refractivity contribution in [2.75, 3.05) is 36.5 Å². The van der Waals surface area contributed by atoms with Crippen LogP contribution >= 0.6 is 23.4 Å². The van der Waals surface area contributed by atoms with E-state index >= 15 is 0 Å². The quantitative estimate of drug-likeness (QED) is 0.619. The van der Waals surface area contributed by atoms with E-state index in [1.54, 1.807) is 0 Å². The maximum absolute atomic E-state index is 6.46. The van der Waals surface area contributed by atoms with E-state index in [0.717, 1.165) is 45.8 Å². The van der Waals surface area contributed by atoms with Crippen LogP contribution in [0.5, 0.6) is 0 Å². The topological polar surface area (TPSA) is 45.5 Å². The molecule has 0 radical (unpaired) electrons. The van der Waals surface area contributed by atoms with Crippen molar-refractivity contribution in [3.63, 3.8) is 0 Å². The molecule has 2 aliphatic heterocycles. The third-order valence-corrected chi connectivity index (χ3v) is 7.82. The Balaban J connectivity index is 1.38. The van der Waals surface area contributed by atoms with Gasteiger partial charge in [0.2, 0.25) is 0 Å². The van der Waals surface area contributed by atoms with Gasteiger partial charge in [0.25, 0.3) is 0 Å². The number of nitrogens with one attached hydrogen (secondary N) is 1. The van der Waals surface area contributed by atoms with Crippen molar-refractivity contribution < 1.29 is 0 Å². The van der Waals surface area contributed by atoms with Gasteiger partial charge in [-0.15, -0.1) is 0 Å². The molecular weight excluding hydrogens is 413 g/mol. The van der Waals surface area contributed by atoms with Gasteiger partial charge in [-0.1, -0.05) is 29.8 Å². The summed E-state index contributed by atoms with van der Waals surface area (Å²) in [7, 11) is 2.05. The lowest BCUT2D eigenvalue weighted by Crippen LogP contribution is -2.44. The van der Waals surface area contributed by atoms with Gasteiger partial charge in [0.15, 0.2) is 5.65 Å². The van der Waals surface area contributed by atoms with Crippen LogP contribution < -0.4 is 10.8 Å². The summed E-state index contributed by atoms with van der Waals surface area (Å²) in [6.07, 6.45) is 5.81. The Hall–Kier alpha value is -1.70. The second-order valence-corrected chi connectivity index (χ2v) is 10.0. The number of anilines is 1. The number of benzene rings is 1. The van der Waals surface area contributed by atoms with E-state index in [9.17, 15) is 0 Å². The first-order chi connectivity index (χ1) is 14.7. The summed E-state index contributed by atoms with van der Waals surface area (Å²) >= 11 is 8.57. The number of hydrogen-bond acceptors (Lipinski definition) is 5. The molecule has 5 rings (SSSR count). The van der Waals surface area contributed by atoms with E-state index < -0.39 is 0 Å². The molecule has 8 heteroatoms. The lowest BCUT2D eigenvalue weighted by Gasteiger charge is -2.36. The van der Waals surface area contributed by atoms with Gasteiger partial charge in [-0.25, -0.2) is 4.98 Å². The van der Waals surface area contributed by atoms with Crippen molar-refractivity contribution in [1.29, 1.82) is 0 Å². The van der Waals surface area contributed by atoms with Gasteiger partial charge in [-0.2, -0.15) is 21.4 Å². The van der Waals surface area contributed by atoms with E-state index in [2.05, 4.69) is 33.1 Å². The van der Waals surface area contributed by atoms with Crippen LogP contribution in [0.15, 0.2) is 36.5 Å². The maximum atomic E-state index is 6.46. The van der Waals surface area contributed by atoms with Crippen LogP contribution in [0.1, 0.15) is 19.3 Å². The molecule has 1 aromatic carbocycles. The molecule has 0 saturated carbocycles. The third-order valence-electron chi connectivity index (χ3n) is 6.34. The number of likely N-dealkylation sites (tertiary alicyclic amines) is 1. The highest BCUT2D eigenvalue weighted by molar-refractivity contribution is 7.99. The molecule has 0 bridgehead atoms. The molecule has 2 aromatic heterocycles. The molecule has 156 valence electrons. The molecule has 3 aromatic rings.